The summed E-state index contributed by atoms with van der Waals surface area (Å²) < 4.78 is 15.5. The third-order valence-corrected chi connectivity index (χ3v) is 3.52. The highest BCUT2D eigenvalue weighted by molar-refractivity contribution is 5.49. The smallest absolute Gasteiger partial charge is 0.150 e. The Morgan fingerprint density at radius 1 is 1.29 bits per heavy atom. The second kappa shape index (κ2) is 7.76. The predicted octanol–water partition coefficient (Wildman–Crippen LogP) is 4.18. The van der Waals surface area contributed by atoms with Gasteiger partial charge >= 0.3 is 0 Å². The number of halogens is 1. The topological polar surface area (TPSA) is 42.7 Å². The molecule has 1 heterocycles. The summed E-state index contributed by atoms with van der Waals surface area (Å²) in [7, 11) is 0. The minimum atomic E-state index is -0.302. The van der Waals surface area contributed by atoms with Crippen molar-refractivity contribution in [3.05, 3.63) is 36.7 Å². The first-order chi connectivity index (χ1) is 10.2. The third-order valence-electron chi connectivity index (χ3n) is 3.52. The SMILES string of the molecule is CCCCCCC(C)Nc1ccc(-n2cncn2)c(F)c1. The molecule has 0 fully saturated rings. The molecule has 4 nitrogen and oxygen atoms in total. The van der Waals surface area contributed by atoms with Crippen molar-refractivity contribution in [2.45, 2.75) is 52.0 Å². The number of benzene rings is 1. The molecule has 2 aromatic rings. The van der Waals surface area contributed by atoms with Crippen LogP contribution >= 0.6 is 0 Å². The standard InChI is InChI=1S/C16H23FN4/c1-3-4-5-6-7-13(2)20-14-8-9-16(15(17)10-14)21-12-18-11-19-21/h8-13,20H,3-7H2,1-2H3. The lowest BCUT2D eigenvalue weighted by molar-refractivity contribution is 0.591. The summed E-state index contributed by atoms with van der Waals surface area (Å²) in [6.07, 6.45) is 8.99. The van der Waals surface area contributed by atoms with Gasteiger partial charge in [-0.05, 0) is 31.5 Å². The molecule has 0 aliphatic carbocycles. The van der Waals surface area contributed by atoms with Crippen molar-refractivity contribution in [1.29, 1.82) is 0 Å². The van der Waals surface area contributed by atoms with Crippen LogP contribution in [0.3, 0.4) is 0 Å². The Hall–Kier alpha value is -1.91. The largest absolute Gasteiger partial charge is 0.383 e. The highest BCUT2D eigenvalue weighted by Crippen LogP contribution is 2.19. The maximum Gasteiger partial charge on any atom is 0.150 e. The zero-order valence-corrected chi connectivity index (χ0v) is 12.7. The minimum absolute atomic E-state index is 0.302. The summed E-state index contributed by atoms with van der Waals surface area (Å²) in [5.41, 5.74) is 1.22. The van der Waals surface area contributed by atoms with E-state index < -0.39 is 0 Å². The summed E-state index contributed by atoms with van der Waals surface area (Å²) in [6.45, 7) is 4.34. The molecular formula is C16H23FN4. The van der Waals surface area contributed by atoms with Gasteiger partial charge in [0.25, 0.3) is 0 Å². The first kappa shape index (κ1) is 15.5. The van der Waals surface area contributed by atoms with Crippen LogP contribution in [0.5, 0.6) is 0 Å². The zero-order chi connectivity index (χ0) is 15.1. The van der Waals surface area contributed by atoms with E-state index in [0.717, 1.165) is 12.1 Å². The van der Waals surface area contributed by atoms with Crippen LogP contribution in [0.25, 0.3) is 5.69 Å². The van der Waals surface area contributed by atoms with Crippen LogP contribution in [0.4, 0.5) is 10.1 Å². The molecule has 0 saturated carbocycles. The monoisotopic (exact) mass is 290 g/mol. The maximum atomic E-state index is 14.1. The van der Waals surface area contributed by atoms with Gasteiger partial charge in [-0.25, -0.2) is 14.1 Å². The van der Waals surface area contributed by atoms with Crippen molar-refractivity contribution in [2.24, 2.45) is 0 Å². The highest BCUT2D eigenvalue weighted by Gasteiger charge is 2.08. The Balaban J connectivity index is 1.91. The quantitative estimate of drug-likeness (QED) is 0.742. The normalized spacial score (nSPS) is 12.3. The molecule has 1 aromatic carbocycles. The highest BCUT2D eigenvalue weighted by atomic mass is 19.1. The molecule has 0 amide bonds. The van der Waals surface area contributed by atoms with Crippen LogP contribution in [0, 0.1) is 5.82 Å². The lowest BCUT2D eigenvalue weighted by Gasteiger charge is -2.15. The van der Waals surface area contributed by atoms with Gasteiger partial charge in [-0.3, -0.25) is 0 Å². The summed E-state index contributed by atoms with van der Waals surface area (Å²) in [6, 6.07) is 5.46. The summed E-state index contributed by atoms with van der Waals surface area (Å²) in [5, 5.41) is 7.29. The second-order valence-electron chi connectivity index (χ2n) is 5.40. The average molecular weight is 290 g/mol. The van der Waals surface area contributed by atoms with E-state index in [2.05, 4.69) is 29.2 Å². The summed E-state index contributed by atoms with van der Waals surface area (Å²) in [5.74, 6) is -0.302. The maximum absolute atomic E-state index is 14.1. The molecule has 1 N–H and O–H groups in total. The molecule has 1 unspecified atom stereocenters. The van der Waals surface area contributed by atoms with Crippen LogP contribution in [-0.4, -0.2) is 20.8 Å². The molecule has 0 saturated heterocycles. The number of nitrogens with zero attached hydrogens (tertiary/aromatic N) is 3. The van der Waals surface area contributed by atoms with E-state index in [-0.39, 0.29) is 5.82 Å². The van der Waals surface area contributed by atoms with Gasteiger partial charge in [0, 0.05) is 11.7 Å². The number of anilines is 1. The van der Waals surface area contributed by atoms with Gasteiger partial charge in [-0.2, -0.15) is 5.10 Å². The molecule has 0 bridgehead atoms. The van der Waals surface area contributed by atoms with Gasteiger partial charge < -0.3 is 5.32 Å². The van der Waals surface area contributed by atoms with Gasteiger partial charge in [-0.1, -0.05) is 32.6 Å². The van der Waals surface area contributed by atoms with E-state index in [1.807, 2.05) is 6.07 Å². The molecule has 0 aliphatic rings. The Morgan fingerprint density at radius 3 is 2.81 bits per heavy atom. The van der Waals surface area contributed by atoms with Crippen molar-refractivity contribution >= 4 is 5.69 Å². The number of nitrogens with one attached hydrogen (secondary N) is 1. The first-order valence-electron chi connectivity index (χ1n) is 7.61. The molecule has 0 spiro atoms. The van der Waals surface area contributed by atoms with E-state index in [1.165, 1.54) is 49.1 Å². The Labute approximate surface area is 125 Å². The van der Waals surface area contributed by atoms with Gasteiger partial charge in [0.1, 0.15) is 18.3 Å². The van der Waals surface area contributed by atoms with Gasteiger partial charge in [0.15, 0.2) is 5.82 Å². The number of rotatable bonds is 8. The van der Waals surface area contributed by atoms with E-state index >= 15 is 0 Å². The van der Waals surface area contributed by atoms with Gasteiger partial charge in [0.05, 0.1) is 0 Å². The van der Waals surface area contributed by atoms with E-state index in [0.29, 0.717) is 11.7 Å². The summed E-state index contributed by atoms with van der Waals surface area (Å²) >= 11 is 0. The molecule has 1 atom stereocenters. The van der Waals surface area contributed by atoms with Crippen molar-refractivity contribution in [2.75, 3.05) is 5.32 Å². The molecule has 0 aliphatic heterocycles. The lowest BCUT2D eigenvalue weighted by Crippen LogP contribution is -2.15. The van der Waals surface area contributed by atoms with Crippen LogP contribution < -0.4 is 5.32 Å². The predicted molar refractivity (Wildman–Crippen MR) is 83.2 cm³/mol. The number of hydrogen-bond acceptors (Lipinski definition) is 3. The average Bonchev–Trinajstić information content (AvgIpc) is 2.98. The molecule has 5 heteroatoms. The van der Waals surface area contributed by atoms with Gasteiger partial charge in [-0.15, -0.1) is 0 Å². The Morgan fingerprint density at radius 2 is 2.14 bits per heavy atom. The number of hydrogen-bond donors (Lipinski definition) is 1. The third kappa shape index (κ3) is 4.55. The van der Waals surface area contributed by atoms with Crippen molar-refractivity contribution in [3.63, 3.8) is 0 Å². The second-order valence-corrected chi connectivity index (χ2v) is 5.40. The fourth-order valence-corrected chi connectivity index (χ4v) is 2.35. The first-order valence-corrected chi connectivity index (χ1v) is 7.61. The minimum Gasteiger partial charge on any atom is -0.383 e. The van der Waals surface area contributed by atoms with E-state index in [4.69, 9.17) is 0 Å². The number of aromatic nitrogens is 3. The van der Waals surface area contributed by atoms with Crippen LogP contribution in [-0.2, 0) is 0 Å². The van der Waals surface area contributed by atoms with Crippen molar-refractivity contribution in [3.8, 4) is 5.69 Å². The molecule has 21 heavy (non-hydrogen) atoms. The number of unbranched alkanes of at least 4 members (excludes halogenated alkanes) is 3. The lowest BCUT2D eigenvalue weighted by atomic mass is 10.1. The molecule has 114 valence electrons. The van der Waals surface area contributed by atoms with Crippen LogP contribution in [0.1, 0.15) is 46.0 Å². The van der Waals surface area contributed by atoms with Gasteiger partial charge in [0.2, 0.25) is 0 Å². The molecular weight excluding hydrogens is 267 g/mol. The van der Waals surface area contributed by atoms with Crippen molar-refractivity contribution < 1.29 is 4.39 Å². The molecule has 2 rings (SSSR count). The van der Waals surface area contributed by atoms with Crippen molar-refractivity contribution in [1.82, 2.24) is 14.8 Å². The van der Waals surface area contributed by atoms with Crippen LogP contribution in [0.15, 0.2) is 30.9 Å². The molecule has 1 aromatic heterocycles. The van der Waals surface area contributed by atoms with Crippen LogP contribution in [0.2, 0.25) is 0 Å². The zero-order valence-electron chi connectivity index (χ0n) is 12.7. The fourth-order valence-electron chi connectivity index (χ4n) is 2.35. The van der Waals surface area contributed by atoms with E-state index in [9.17, 15) is 4.39 Å². The Kier molecular flexibility index (Phi) is 5.72. The molecule has 0 radical (unpaired) electrons. The summed E-state index contributed by atoms with van der Waals surface area (Å²) in [4.78, 5) is 3.83. The van der Waals surface area contributed by atoms with E-state index in [1.54, 1.807) is 6.07 Å². The fraction of sp³-hybridized carbons (Fsp3) is 0.500. The Bertz CT molecular complexity index is 539.